The van der Waals surface area contributed by atoms with Gasteiger partial charge in [-0.3, -0.25) is 0 Å². The first-order valence-electron chi connectivity index (χ1n) is 6.69. The van der Waals surface area contributed by atoms with Crippen molar-refractivity contribution in [3.05, 3.63) is 54.3 Å². The molecular weight excluding hydrogens is 252 g/mol. The van der Waals surface area contributed by atoms with Gasteiger partial charge >= 0.3 is 0 Å². The van der Waals surface area contributed by atoms with Crippen molar-refractivity contribution in [1.82, 2.24) is 4.90 Å². The Bertz CT molecular complexity index is 531. The molecule has 0 bridgehead atoms. The minimum atomic E-state index is 0.474. The van der Waals surface area contributed by atoms with Gasteiger partial charge in [0.25, 0.3) is 0 Å². The molecule has 0 spiro atoms. The summed E-state index contributed by atoms with van der Waals surface area (Å²) < 4.78 is 0. The second kappa shape index (κ2) is 5.66. The first kappa shape index (κ1) is 12.5. The summed E-state index contributed by atoms with van der Waals surface area (Å²) >= 11 is 1.90. The van der Waals surface area contributed by atoms with Crippen LogP contribution in [0, 0.1) is 0 Å². The van der Waals surface area contributed by atoms with Crippen LogP contribution in [0.15, 0.2) is 64.1 Å². The number of hydrogen-bond donors (Lipinski definition) is 0. The van der Waals surface area contributed by atoms with Gasteiger partial charge in [0.05, 0.1) is 11.7 Å². The van der Waals surface area contributed by atoms with Crippen molar-refractivity contribution in [3.63, 3.8) is 0 Å². The van der Waals surface area contributed by atoms with Crippen LogP contribution in [-0.2, 0) is 0 Å². The van der Waals surface area contributed by atoms with Crippen molar-refractivity contribution in [3.8, 4) is 0 Å². The number of benzene rings is 1. The van der Waals surface area contributed by atoms with E-state index in [9.17, 15) is 0 Å². The van der Waals surface area contributed by atoms with E-state index in [-0.39, 0.29) is 0 Å². The summed E-state index contributed by atoms with van der Waals surface area (Å²) in [6.45, 7) is 0. The molecule has 19 heavy (non-hydrogen) atoms. The number of likely N-dealkylation sites (N-methyl/N-ethyl adjacent to an activating group) is 1. The Morgan fingerprint density at radius 3 is 2.95 bits per heavy atom. The molecule has 0 fully saturated rings. The molecule has 0 aromatic heterocycles. The number of thioether (sulfide) groups is 1. The third-order valence-corrected chi connectivity index (χ3v) is 4.59. The fourth-order valence-electron chi connectivity index (χ4n) is 2.49. The van der Waals surface area contributed by atoms with Crippen LogP contribution in [0.25, 0.3) is 0 Å². The number of hydrogen-bond acceptors (Lipinski definition) is 3. The van der Waals surface area contributed by atoms with E-state index >= 15 is 0 Å². The molecule has 0 N–H and O–H groups in total. The van der Waals surface area contributed by atoms with E-state index in [1.807, 2.05) is 11.8 Å². The van der Waals surface area contributed by atoms with Crippen LogP contribution in [0.2, 0.25) is 0 Å². The Balaban J connectivity index is 1.58. The van der Waals surface area contributed by atoms with Crippen molar-refractivity contribution in [2.24, 2.45) is 4.99 Å². The number of aliphatic imine (C=N–C) groups is 1. The minimum absolute atomic E-state index is 0.474. The summed E-state index contributed by atoms with van der Waals surface area (Å²) in [6, 6.07) is 11.0. The molecule has 1 atom stereocenters. The molecule has 2 aliphatic rings. The maximum atomic E-state index is 4.76. The number of fused-ring (bicyclic) bond motifs is 1. The van der Waals surface area contributed by atoms with Gasteiger partial charge in [0.15, 0.2) is 0 Å². The van der Waals surface area contributed by atoms with Gasteiger partial charge in [0, 0.05) is 24.1 Å². The fraction of sp³-hybridized carbons (Fsp3) is 0.312. The maximum Gasteiger partial charge on any atom is 0.106 e. The van der Waals surface area contributed by atoms with Gasteiger partial charge in [-0.1, -0.05) is 30.4 Å². The van der Waals surface area contributed by atoms with Gasteiger partial charge in [-0.05, 0) is 24.6 Å². The van der Waals surface area contributed by atoms with Gasteiger partial charge in [-0.15, -0.1) is 11.8 Å². The van der Waals surface area contributed by atoms with Crippen LogP contribution in [-0.4, -0.2) is 29.6 Å². The van der Waals surface area contributed by atoms with E-state index in [1.54, 1.807) is 0 Å². The van der Waals surface area contributed by atoms with Gasteiger partial charge in [-0.25, -0.2) is 4.99 Å². The van der Waals surface area contributed by atoms with E-state index in [1.165, 1.54) is 16.4 Å². The smallest absolute Gasteiger partial charge is 0.106 e. The molecule has 0 amide bonds. The predicted molar refractivity (Wildman–Crippen MR) is 82.6 cm³/mol. The molecule has 1 aromatic carbocycles. The zero-order valence-corrected chi connectivity index (χ0v) is 11.9. The van der Waals surface area contributed by atoms with Crippen LogP contribution in [0.4, 0.5) is 0 Å². The van der Waals surface area contributed by atoms with Crippen LogP contribution in [0.3, 0.4) is 0 Å². The van der Waals surface area contributed by atoms with E-state index in [0.29, 0.717) is 6.04 Å². The predicted octanol–water partition coefficient (Wildman–Crippen LogP) is 3.73. The second-order valence-corrected chi connectivity index (χ2v) is 5.99. The van der Waals surface area contributed by atoms with Gasteiger partial charge in [-0.2, -0.15) is 0 Å². The van der Waals surface area contributed by atoms with Crippen molar-refractivity contribution >= 4 is 17.6 Å². The number of rotatable bonds is 4. The highest BCUT2D eigenvalue weighted by atomic mass is 32.2. The lowest BCUT2D eigenvalue weighted by atomic mass is 10.1. The SMILES string of the molecule is CN1C(CCSc2ccccc2)=NC2=CC=CCC21. The molecule has 3 rings (SSSR count). The minimum Gasteiger partial charge on any atom is -0.354 e. The standard InChI is InChI=1S/C16H18N2S/c1-18-15-10-6-5-9-14(15)17-16(18)11-12-19-13-7-3-2-4-8-13/h2-9,15H,10-12H2,1H3. The first-order chi connectivity index (χ1) is 9.34. The lowest BCUT2D eigenvalue weighted by molar-refractivity contribution is 0.427. The van der Waals surface area contributed by atoms with Gasteiger partial charge < -0.3 is 4.90 Å². The summed E-state index contributed by atoms with van der Waals surface area (Å²) in [6.07, 6.45) is 8.60. The van der Waals surface area contributed by atoms with Crippen molar-refractivity contribution in [2.75, 3.05) is 12.8 Å². The lowest BCUT2D eigenvalue weighted by Gasteiger charge is -2.23. The average molecular weight is 270 g/mol. The summed E-state index contributed by atoms with van der Waals surface area (Å²) in [5.41, 5.74) is 1.23. The number of allylic oxidation sites excluding steroid dienone is 2. The van der Waals surface area contributed by atoms with Crippen molar-refractivity contribution in [2.45, 2.75) is 23.8 Å². The van der Waals surface area contributed by atoms with E-state index < -0.39 is 0 Å². The van der Waals surface area contributed by atoms with Crippen molar-refractivity contribution < 1.29 is 0 Å². The second-order valence-electron chi connectivity index (χ2n) is 4.82. The molecule has 1 aromatic rings. The summed E-state index contributed by atoms with van der Waals surface area (Å²) in [7, 11) is 2.16. The summed E-state index contributed by atoms with van der Waals surface area (Å²) in [5.74, 6) is 2.31. The molecule has 1 aliphatic carbocycles. The third-order valence-electron chi connectivity index (χ3n) is 3.57. The Labute approximate surface area is 118 Å². The van der Waals surface area contributed by atoms with E-state index in [0.717, 1.165) is 18.6 Å². The molecule has 3 heteroatoms. The van der Waals surface area contributed by atoms with Gasteiger partial charge in [0.1, 0.15) is 5.84 Å². The molecule has 2 nitrogen and oxygen atoms in total. The Hall–Kier alpha value is -1.48. The highest BCUT2D eigenvalue weighted by Crippen LogP contribution is 2.28. The molecule has 0 radical (unpaired) electrons. The van der Waals surface area contributed by atoms with E-state index in [2.05, 4.69) is 60.5 Å². The molecule has 1 unspecified atom stereocenters. The zero-order valence-electron chi connectivity index (χ0n) is 11.1. The average Bonchev–Trinajstić information content (AvgIpc) is 2.78. The van der Waals surface area contributed by atoms with Gasteiger partial charge in [0.2, 0.25) is 0 Å². The van der Waals surface area contributed by atoms with Crippen LogP contribution < -0.4 is 0 Å². The topological polar surface area (TPSA) is 15.6 Å². The lowest BCUT2D eigenvalue weighted by Crippen LogP contribution is -2.32. The molecular formula is C16H18N2S. The first-order valence-corrected chi connectivity index (χ1v) is 7.68. The zero-order chi connectivity index (χ0) is 13.1. The Kier molecular flexibility index (Phi) is 3.74. The molecule has 0 saturated carbocycles. The fourth-order valence-corrected chi connectivity index (χ4v) is 3.36. The number of nitrogens with zero attached hydrogens (tertiary/aromatic N) is 2. The van der Waals surface area contributed by atoms with Crippen LogP contribution in [0.5, 0.6) is 0 Å². The molecule has 1 heterocycles. The third kappa shape index (κ3) is 2.76. The molecule has 0 saturated heterocycles. The van der Waals surface area contributed by atoms with Crippen LogP contribution >= 0.6 is 11.8 Å². The Morgan fingerprint density at radius 2 is 2.16 bits per heavy atom. The highest BCUT2D eigenvalue weighted by molar-refractivity contribution is 7.99. The normalized spacial score (nSPS) is 21.1. The monoisotopic (exact) mass is 270 g/mol. The van der Waals surface area contributed by atoms with Crippen molar-refractivity contribution in [1.29, 1.82) is 0 Å². The van der Waals surface area contributed by atoms with E-state index in [4.69, 9.17) is 4.99 Å². The maximum absolute atomic E-state index is 4.76. The Morgan fingerprint density at radius 1 is 1.32 bits per heavy atom. The number of amidine groups is 1. The quantitative estimate of drug-likeness (QED) is 0.775. The molecule has 98 valence electrons. The summed E-state index contributed by atoms with van der Waals surface area (Å²) in [4.78, 5) is 8.43. The van der Waals surface area contributed by atoms with Crippen LogP contribution in [0.1, 0.15) is 12.8 Å². The summed E-state index contributed by atoms with van der Waals surface area (Å²) in [5, 5.41) is 0. The highest BCUT2D eigenvalue weighted by Gasteiger charge is 2.28. The molecule has 1 aliphatic heterocycles. The largest absolute Gasteiger partial charge is 0.354 e.